The molecule has 1 aromatic carbocycles. The number of ketones is 1. The lowest BCUT2D eigenvalue weighted by molar-refractivity contribution is -0.120. The molecule has 0 heterocycles. The normalized spacial score (nSPS) is 21.4. The Labute approximate surface area is 78.8 Å². The molecule has 0 saturated heterocycles. The highest BCUT2D eigenvalue weighted by molar-refractivity contribution is 5.87. The number of hydrogen-bond acceptors (Lipinski definition) is 1. The molecular formula is C12H14O. The summed E-state index contributed by atoms with van der Waals surface area (Å²) in [6.07, 6.45) is 1.66. The average molecular weight is 174 g/mol. The van der Waals surface area contributed by atoms with E-state index in [4.69, 9.17) is 0 Å². The second kappa shape index (κ2) is 2.99. The molecule has 0 aromatic heterocycles. The van der Waals surface area contributed by atoms with Gasteiger partial charge in [0.25, 0.3) is 0 Å². The van der Waals surface area contributed by atoms with Crippen LogP contribution in [-0.2, 0) is 11.2 Å². The molecule has 0 radical (unpaired) electrons. The third-order valence-electron chi connectivity index (χ3n) is 3.02. The molecule has 2 rings (SSSR count). The van der Waals surface area contributed by atoms with E-state index in [9.17, 15) is 4.79 Å². The van der Waals surface area contributed by atoms with Gasteiger partial charge in [-0.05, 0) is 30.0 Å². The zero-order chi connectivity index (χ0) is 9.42. The van der Waals surface area contributed by atoms with Crippen molar-refractivity contribution in [1.29, 1.82) is 0 Å². The number of carbonyl (C=O) groups excluding carboxylic acids is 1. The molecule has 0 amide bonds. The Hall–Kier alpha value is -1.11. The Balaban J connectivity index is 2.55. The van der Waals surface area contributed by atoms with Crippen LogP contribution in [0.4, 0.5) is 0 Å². The maximum Gasteiger partial charge on any atom is 0.140 e. The number of Topliss-reactive ketones (excluding diaryl/α,β-unsaturated/α-hetero) is 1. The van der Waals surface area contributed by atoms with E-state index in [-0.39, 0.29) is 5.92 Å². The first kappa shape index (κ1) is 8.49. The molecule has 0 saturated carbocycles. The monoisotopic (exact) mass is 174 g/mol. The van der Waals surface area contributed by atoms with Crippen molar-refractivity contribution in [3.63, 3.8) is 0 Å². The molecule has 1 aromatic rings. The van der Waals surface area contributed by atoms with Gasteiger partial charge in [0.05, 0.1) is 0 Å². The van der Waals surface area contributed by atoms with Gasteiger partial charge in [-0.15, -0.1) is 0 Å². The van der Waals surface area contributed by atoms with E-state index in [0.29, 0.717) is 5.78 Å². The summed E-state index contributed by atoms with van der Waals surface area (Å²) in [5.74, 6) is 0.502. The minimum absolute atomic E-state index is 0.114. The molecule has 0 fully saturated rings. The van der Waals surface area contributed by atoms with Gasteiger partial charge in [-0.1, -0.05) is 25.1 Å². The molecule has 0 aliphatic heterocycles. The Morgan fingerprint density at radius 3 is 2.85 bits per heavy atom. The number of rotatable bonds is 0. The van der Waals surface area contributed by atoms with Gasteiger partial charge in [0.15, 0.2) is 0 Å². The molecule has 0 bridgehead atoms. The number of aryl methyl sites for hydroxylation is 1. The molecule has 1 nitrogen and oxygen atoms in total. The second-order valence-corrected chi connectivity index (χ2v) is 3.83. The van der Waals surface area contributed by atoms with E-state index in [0.717, 1.165) is 12.8 Å². The first-order chi connectivity index (χ1) is 6.20. The maximum atomic E-state index is 11.5. The average Bonchev–Trinajstić information content (AvgIpc) is 2.12. The Morgan fingerprint density at radius 1 is 1.31 bits per heavy atom. The highest BCUT2D eigenvalue weighted by Gasteiger charge is 2.23. The third kappa shape index (κ3) is 1.28. The third-order valence-corrected chi connectivity index (χ3v) is 3.02. The van der Waals surface area contributed by atoms with Crippen molar-refractivity contribution in [2.24, 2.45) is 0 Å². The summed E-state index contributed by atoms with van der Waals surface area (Å²) in [6, 6.07) is 6.26. The first-order valence-corrected chi connectivity index (χ1v) is 4.81. The van der Waals surface area contributed by atoms with Crippen LogP contribution in [0, 0.1) is 6.92 Å². The number of fused-ring (bicyclic) bond motifs is 1. The van der Waals surface area contributed by atoms with Crippen molar-refractivity contribution < 1.29 is 4.79 Å². The van der Waals surface area contributed by atoms with Gasteiger partial charge in [0.1, 0.15) is 5.78 Å². The number of carbonyl (C=O) groups is 1. The van der Waals surface area contributed by atoms with Crippen molar-refractivity contribution in [2.75, 3.05) is 0 Å². The summed E-state index contributed by atoms with van der Waals surface area (Å²) >= 11 is 0. The molecule has 1 aliphatic carbocycles. The zero-order valence-corrected chi connectivity index (χ0v) is 8.13. The lowest BCUT2D eigenvalue weighted by Crippen LogP contribution is -2.18. The highest BCUT2D eigenvalue weighted by Crippen LogP contribution is 2.30. The van der Waals surface area contributed by atoms with Crippen molar-refractivity contribution in [3.05, 3.63) is 34.9 Å². The lowest BCUT2D eigenvalue weighted by atomic mass is 9.81. The fraction of sp³-hybridized carbons (Fsp3) is 0.417. The van der Waals surface area contributed by atoms with Crippen LogP contribution >= 0.6 is 0 Å². The van der Waals surface area contributed by atoms with E-state index in [1.165, 1.54) is 16.7 Å². The van der Waals surface area contributed by atoms with Gasteiger partial charge in [-0.25, -0.2) is 0 Å². The maximum absolute atomic E-state index is 11.5. The molecule has 1 aliphatic rings. The summed E-state index contributed by atoms with van der Waals surface area (Å²) in [4.78, 5) is 11.5. The van der Waals surface area contributed by atoms with Crippen molar-refractivity contribution in [2.45, 2.75) is 32.6 Å². The quantitative estimate of drug-likeness (QED) is 0.591. The van der Waals surface area contributed by atoms with Crippen LogP contribution in [0.15, 0.2) is 18.2 Å². The molecule has 68 valence electrons. The fourth-order valence-corrected chi connectivity index (χ4v) is 2.11. The van der Waals surface area contributed by atoms with Crippen LogP contribution in [-0.4, -0.2) is 5.78 Å². The topological polar surface area (TPSA) is 17.1 Å². The largest absolute Gasteiger partial charge is 0.299 e. The van der Waals surface area contributed by atoms with Crippen molar-refractivity contribution >= 4 is 5.78 Å². The minimum Gasteiger partial charge on any atom is -0.299 e. The Morgan fingerprint density at radius 2 is 2.08 bits per heavy atom. The van der Waals surface area contributed by atoms with Crippen LogP contribution in [0.5, 0.6) is 0 Å². The molecule has 1 unspecified atom stereocenters. The van der Waals surface area contributed by atoms with Gasteiger partial charge in [0.2, 0.25) is 0 Å². The summed E-state index contributed by atoms with van der Waals surface area (Å²) in [5, 5.41) is 0. The summed E-state index contributed by atoms with van der Waals surface area (Å²) < 4.78 is 0. The zero-order valence-electron chi connectivity index (χ0n) is 8.13. The van der Waals surface area contributed by atoms with E-state index in [1.54, 1.807) is 0 Å². The summed E-state index contributed by atoms with van der Waals surface area (Å²) in [5.41, 5.74) is 3.97. The van der Waals surface area contributed by atoms with Crippen molar-refractivity contribution in [1.82, 2.24) is 0 Å². The summed E-state index contributed by atoms with van der Waals surface area (Å²) in [6.45, 7) is 4.14. The summed E-state index contributed by atoms with van der Waals surface area (Å²) in [7, 11) is 0. The second-order valence-electron chi connectivity index (χ2n) is 3.83. The van der Waals surface area contributed by atoms with Crippen LogP contribution < -0.4 is 0 Å². The molecule has 1 atom stereocenters. The van der Waals surface area contributed by atoms with Gasteiger partial charge in [-0.3, -0.25) is 4.79 Å². The standard InChI is InChI=1S/C12H14O/c1-8-4-3-5-11-9(2)12(13)7-6-10(8)11/h3-5,9H,6-7H2,1-2H3. The van der Waals surface area contributed by atoms with E-state index in [2.05, 4.69) is 19.1 Å². The molecular weight excluding hydrogens is 160 g/mol. The SMILES string of the molecule is Cc1cccc2c1CCC(=O)C2C. The van der Waals surface area contributed by atoms with Gasteiger partial charge < -0.3 is 0 Å². The Kier molecular flexibility index (Phi) is 1.95. The minimum atomic E-state index is 0.114. The molecule has 1 heteroatoms. The molecule has 13 heavy (non-hydrogen) atoms. The first-order valence-electron chi connectivity index (χ1n) is 4.81. The number of hydrogen-bond donors (Lipinski definition) is 0. The smallest absolute Gasteiger partial charge is 0.140 e. The van der Waals surface area contributed by atoms with Gasteiger partial charge in [-0.2, -0.15) is 0 Å². The highest BCUT2D eigenvalue weighted by atomic mass is 16.1. The fourth-order valence-electron chi connectivity index (χ4n) is 2.11. The van der Waals surface area contributed by atoms with E-state index >= 15 is 0 Å². The predicted octanol–water partition coefficient (Wildman–Crippen LogP) is 2.61. The van der Waals surface area contributed by atoms with E-state index < -0.39 is 0 Å². The van der Waals surface area contributed by atoms with Crippen LogP contribution in [0.1, 0.15) is 36.0 Å². The van der Waals surface area contributed by atoms with Crippen LogP contribution in [0.2, 0.25) is 0 Å². The van der Waals surface area contributed by atoms with Crippen LogP contribution in [0.3, 0.4) is 0 Å². The van der Waals surface area contributed by atoms with Gasteiger partial charge >= 0.3 is 0 Å². The van der Waals surface area contributed by atoms with Crippen molar-refractivity contribution in [3.8, 4) is 0 Å². The Bertz CT molecular complexity index is 352. The molecule has 0 spiro atoms. The van der Waals surface area contributed by atoms with Gasteiger partial charge in [0, 0.05) is 12.3 Å². The molecule has 0 N–H and O–H groups in total. The van der Waals surface area contributed by atoms with Crippen LogP contribution in [0.25, 0.3) is 0 Å². The number of benzene rings is 1. The lowest BCUT2D eigenvalue weighted by Gasteiger charge is -2.22. The van der Waals surface area contributed by atoms with E-state index in [1.807, 2.05) is 13.0 Å². The predicted molar refractivity (Wildman–Crippen MR) is 52.9 cm³/mol.